The highest BCUT2D eigenvalue weighted by Crippen LogP contribution is 2.28. The molecule has 0 bridgehead atoms. The van der Waals surface area contributed by atoms with Crippen molar-refractivity contribution >= 4 is 16.6 Å². The number of hydrogen-bond donors (Lipinski definition) is 1. The number of hydrogen-bond acceptors (Lipinski definition) is 4. The zero-order chi connectivity index (χ0) is 13.9. The summed E-state index contributed by atoms with van der Waals surface area (Å²) >= 11 is 0. The molecule has 2 aromatic rings. The van der Waals surface area contributed by atoms with E-state index < -0.39 is 0 Å². The molecule has 1 atom stereocenters. The van der Waals surface area contributed by atoms with Gasteiger partial charge in [-0.2, -0.15) is 5.10 Å². The first kappa shape index (κ1) is 13.3. The van der Waals surface area contributed by atoms with Crippen LogP contribution in [0.5, 0.6) is 0 Å². The molecule has 20 heavy (non-hydrogen) atoms. The van der Waals surface area contributed by atoms with Crippen molar-refractivity contribution in [2.75, 3.05) is 25.0 Å². The molecule has 1 aliphatic rings. The average molecular weight is 270 g/mol. The number of fused-ring (bicyclic) bond motifs is 1. The summed E-state index contributed by atoms with van der Waals surface area (Å²) in [5.74, 6) is 1.80. The summed E-state index contributed by atoms with van der Waals surface area (Å²) in [6.45, 7) is 4.41. The van der Waals surface area contributed by atoms with Crippen molar-refractivity contribution in [1.82, 2.24) is 15.5 Å². The summed E-state index contributed by atoms with van der Waals surface area (Å²) < 4.78 is 0. The molecule has 4 nitrogen and oxygen atoms in total. The molecule has 1 unspecified atom stereocenters. The number of aromatic nitrogens is 2. The maximum Gasteiger partial charge on any atom is 0.159 e. The van der Waals surface area contributed by atoms with E-state index in [9.17, 15) is 0 Å². The van der Waals surface area contributed by atoms with Crippen LogP contribution < -0.4 is 10.2 Å². The van der Waals surface area contributed by atoms with Gasteiger partial charge in [-0.1, -0.05) is 24.3 Å². The van der Waals surface area contributed by atoms with Gasteiger partial charge in [0.2, 0.25) is 0 Å². The van der Waals surface area contributed by atoms with E-state index in [1.807, 2.05) is 13.2 Å². The van der Waals surface area contributed by atoms with Crippen LogP contribution in [0, 0.1) is 5.92 Å². The van der Waals surface area contributed by atoms with Crippen LogP contribution in [0.4, 0.5) is 5.82 Å². The average Bonchev–Trinajstić information content (AvgIpc) is 2.54. The molecule has 1 aliphatic heterocycles. The molecule has 0 spiro atoms. The zero-order valence-corrected chi connectivity index (χ0v) is 12.2. The normalized spacial score (nSPS) is 18.4. The molecular formula is C16H22N4. The van der Waals surface area contributed by atoms with Crippen LogP contribution in [0.15, 0.2) is 30.5 Å². The Morgan fingerprint density at radius 2 is 2.00 bits per heavy atom. The molecule has 3 rings (SSSR count). The van der Waals surface area contributed by atoms with Gasteiger partial charge in [0.1, 0.15) is 0 Å². The zero-order valence-electron chi connectivity index (χ0n) is 12.2. The van der Waals surface area contributed by atoms with Crippen molar-refractivity contribution in [1.29, 1.82) is 0 Å². The lowest BCUT2D eigenvalue weighted by atomic mass is 9.90. The Morgan fingerprint density at radius 3 is 2.75 bits per heavy atom. The highest BCUT2D eigenvalue weighted by molar-refractivity contribution is 5.91. The minimum Gasteiger partial charge on any atom is -0.355 e. The van der Waals surface area contributed by atoms with Gasteiger partial charge in [0.15, 0.2) is 5.82 Å². The van der Waals surface area contributed by atoms with Gasteiger partial charge >= 0.3 is 0 Å². The maximum atomic E-state index is 4.38. The van der Waals surface area contributed by atoms with E-state index in [4.69, 9.17) is 0 Å². The van der Waals surface area contributed by atoms with E-state index in [2.05, 4.69) is 51.6 Å². The van der Waals surface area contributed by atoms with Gasteiger partial charge in [-0.05, 0) is 32.7 Å². The van der Waals surface area contributed by atoms with Crippen molar-refractivity contribution in [3.63, 3.8) is 0 Å². The minimum atomic E-state index is 0.593. The van der Waals surface area contributed by atoms with E-state index in [1.165, 1.54) is 23.6 Å². The molecule has 1 aromatic carbocycles. The first-order valence-corrected chi connectivity index (χ1v) is 7.42. The Balaban J connectivity index is 1.80. The predicted molar refractivity (Wildman–Crippen MR) is 83.0 cm³/mol. The van der Waals surface area contributed by atoms with Crippen molar-refractivity contribution in [2.45, 2.75) is 25.8 Å². The summed E-state index contributed by atoms with van der Waals surface area (Å²) in [6.07, 6.45) is 4.27. The largest absolute Gasteiger partial charge is 0.355 e. The summed E-state index contributed by atoms with van der Waals surface area (Å²) in [4.78, 5) is 2.38. The third-order valence-electron chi connectivity index (χ3n) is 4.55. The van der Waals surface area contributed by atoms with Gasteiger partial charge in [0.25, 0.3) is 0 Å². The van der Waals surface area contributed by atoms with Crippen LogP contribution in [0.25, 0.3) is 10.8 Å². The van der Waals surface area contributed by atoms with Gasteiger partial charge in [-0.3, -0.25) is 0 Å². The minimum absolute atomic E-state index is 0.593. The molecule has 1 N–H and O–H groups in total. The van der Waals surface area contributed by atoms with E-state index >= 15 is 0 Å². The molecule has 1 saturated heterocycles. The first-order valence-electron chi connectivity index (χ1n) is 7.42. The van der Waals surface area contributed by atoms with E-state index in [0.29, 0.717) is 6.04 Å². The lowest BCUT2D eigenvalue weighted by Crippen LogP contribution is -2.41. The lowest BCUT2D eigenvalue weighted by molar-refractivity contribution is 0.323. The second-order valence-corrected chi connectivity index (χ2v) is 5.66. The Morgan fingerprint density at radius 1 is 1.25 bits per heavy atom. The summed E-state index contributed by atoms with van der Waals surface area (Å²) in [6, 6.07) is 8.96. The second-order valence-electron chi connectivity index (χ2n) is 5.66. The van der Waals surface area contributed by atoms with Crippen molar-refractivity contribution in [2.24, 2.45) is 5.92 Å². The molecule has 0 radical (unpaired) electrons. The van der Waals surface area contributed by atoms with E-state index in [-0.39, 0.29) is 0 Å². The molecule has 106 valence electrons. The SMILES string of the molecule is CNC(C)C1CCN(c2nncc3ccccc23)CC1. The third-order valence-corrected chi connectivity index (χ3v) is 4.55. The topological polar surface area (TPSA) is 41.0 Å². The molecule has 4 heteroatoms. The molecule has 0 saturated carbocycles. The molecule has 1 aromatic heterocycles. The monoisotopic (exact) mass is 270 g/mol. The van der Waals surface area contributed by atoms with Crippen LogP contribution in [0.1, 0.15) is 19.8 Å². The smallest absolute Gasteiger partial charge is 0.159 e. The molecule has 2 heterocycles. The number of nitrogens with one attached hydrogen (secondary N) is 1. The Labute approximate surface area is 120 Å². The molecular weight excluding hydrogens is 248 g/mol. The summed E-state index contributed by atoms with van der Waals surface area (Å²) in [5.41, 5.74) is 0. The fourth-order valence-corrected chi connectivity index (χ4v) is 3.09. The molecule has 0 amide bonds. The number of nitrogens with zero attached hydrogens (tertiary/aromatic N) is 3. The van der Waals surface area contributed by atoms with E-state index in [1.54, 1.807) is 0 Å². The fourth-order valence-electron chi connectivity index (χ4n) is 3.09. The second kappa shape index (κ2) is 5.75. The highest BCUT2D eigenvalue weighted by atomic mass is 15.3. The summed E-state index contributed by atoms with van der Waals surface area (Å²) in [7, 11) is 2.05. The third kappa shape index (κ3) is 2.48. The number of rotatable bonds is 3. The summed E-state index contributed by atoms with van der Waals surface area (Å²) in [5, 5.41) is 14.3. The van der Waals surface area contributed by atoms with Crippen LogP contribution in [-0.4, -0.2) is 36.4 Å². The van der Waals surface area contributed by atoms with Gasteiger partial charge in [-0.15, -0.1) is 5.10 Å². The van der Waals surface area contributed by atoms with Crippen LogP contribution >= 0.6 is 0 Å². The van der Waals surface area contributed by atoms with Crippen molar-refractivity contribution in [3.05, 3.63) is 30.5 Å². The van der Waals surface area contributed by atoms with Gasteiger partial charge in [0.05, 0.1) is 6.20 Å². The standard InChI is InChI=1S/C16H22N4/c1-12(17-2)13-7-9-20(10-8-13)16-15-6-4-3-5-14(15)11-18-19-16/h3-6,11-13,17H,7-10H2,1-2H3. The van der Waals surface area contributed by atoms with Crippen LogP contribution in [0.2, 0.25) is 0 Å². The number of piperidine rings is 1. The first-order chi connectivity index (χ1) is 9.79. The van der Waals surface area contributed by atoms with Gasteiger partial charge in [0, 0.05) is 29.9 Å². The fraction of sp³-hybridized carbons (Fsp3) is 0.500. The van der Waals surface area contributed by atoms with Crippen LogP contribution in [-0.2, 0) is 0 Å². The Hall–Kier alpha value is -1.68. The van der Waals surface area contributed by atoms with Gasteiger partial charge < -0.3 is 10.2 Å². The lowest BCUT2D eigenvalue weighted by Gasteiger charge is -2.35. The maximum absolute atomic E-state index is 4.38. The van der Waals surface area contributed by atoms with Crippen molar-refractivity contribution in [3.8, 4) is 0 Å². The molecule has 0 aliphatic carbocycles. The van der Waals surface area contributed by atoms with Crippen LogP contribution in [0.3, 0.4) is 0 Å². The number of benzene rings is 1. The van der Waals surface area contributed by atoms with Crippen molar-refractivity contribution < 1.29 is 0 Å². The Bertz CT molecular complexity index is 570. The molecule has 1 fully saturated rings. The van der Waals surface area contributed by atoms with E-state index in [0.717, 1.165) is 24.8 Å². The highest BCUT2D eigenvalue weighted by Gasteiger charge is 2.24. The predicted octanol–water partition coefficient (Wildman–Crippen LogP) is 2.45. The quantitative estimate of drug-likeness (QED) is 0.930. The Kier molecular flexibility index (Phi) is 3.83. The van der Waals surface area contributed by atoms with Gasteiger partial charge in [-0.25, -0.2) is 0 Å². The number of anilines is 1.